The summed E-state index contributed by atoms with van der Waals surface area (Å²) in [5.41, 5.74) is 0.326. The van der Waals surface area contributed by atoms with Gasteiger partial charge in [0.2, 0.25) is 0 Å². The van der Waals surface area contributed by atoms with Gasteiger partial charge in [-0.15, -0.1) is 0 Å². The molecule has 5 nitrogen and oxygen atoms in total. The lowest BCUT2D eigenvalue weighted by atomic mass is 10.1. The molecule has 80 valence electrons. The maximum atomic E-state index is 10.6. The van der Waals surface area contributed by atoms with Gasteiger partial charge in [-0.1, -0.05) is 6.07 Å². The average molecular weight is 208 g/mol. The van der Waals surface area contributed by atoms with Crippen LogP contribution in [0.1, 0.15) is 29.5 Å². The number of aliphatic hydroxyl groups excluding tert-OH is 1. The number of aliphatic hydroxyl groups is 1. The monoisotopic (exact) mass is 208 g/mol. The molecule has 1 heterocycles. The fraction of sp³-hybridized carbons (Fsp3) is 0.300. The minimum Gasteiger partial charge on any atom is -0.477 e. The van der Waals surface area contributed by atoms with Crippen molar-refractivity contribution in [3.05, 3.63) is 29.6 Å². The molecular formula is C10H12N2O3. The fourth-order valence-electron chi connectivity index (χ4n) is 1.12. The minimum atomic E-state index is -1.12. The molecular weight excluding hydrogens is 196 g/mol. The summed E-state index contributed by atoms with van der Waals surface area (Å²) in [5, 5.41) is 25.4. The maximum absolute atomic E-state index is 10.6. The number of nitrogens with one attached hydrogen (secondary N) is 1. The Morgan fingerprint density at radius 2 is 2.13 bits per heavy atom. The number of rotatable bonds is 4. The highest BCUT2D eigenvalue weighted by molar-refractivity contribution is 5.97. The SMILES string of the molecule is CC(O)CC(=N)c1cccc(C(=O)O)n1. The van der Waals surface area contributed by atoms with Crippen LogP contribution in [0.15, 0.2) is 18.2 Å². The van der Waals surface area contributed by atoms with Gasteiger partial charge in [-0.2, -0.15) is 0 Å². The molecule has 0 bridgehead atoms. The molecule has 0 radical (unpaired) electrons. The van der Waals surface area contributed by atoms with E-state index in [9.17, 15) is 4.79 Å². The van der Waals surface area contributed by atoms with Gasteiger partial charge >= 0.3 is 5.97 Å². The number of hydrogen-bond donors (Lipinski definition) is 3. The average Bonchev–Trinajstić information content (AvgIpc) is 2.17. The van der Waals surface area contributed by atoms with Crippen LogP contribution in [0, 0.1) is 5.41 Å². The molecule has 1 rings (SSSR count). The molecule has 0 aliphatic carbocycles. The largest absolute Gasteiger partial charge is 0.477 e. The fourth-order valence-corrected chi connectivity index (χ4v) is 1.12. The first-order valence-electron chi connectivity index (χ1n) is 4.47. The molecule has 1 aromatic rings. The van der Waals surface area contributed by atoms with E-state index in [4.69, 9.17) is 15.6 Å². The van der Waals surface area contributed by atoms with Gasteiger partial charge in [0.15, 0.2) is 0 Å². The van der Waals surface area contributed by atoms with Crippen LogP contribution in [0.3, 0.4) is 0 Å². The first-order chi connectivity index (χ1) is 7.00. The van der Waals surface area contributed by atoms with Crippen molar-refractivity contribution in [3.8, 4) is 0 Å². The summed E-state index contributed by atoms with van der Waals surface area (Å²) in [6, 6.07) is 4.45. The number of nitrogens with zero attached hydrogens (tertiary/aromatic N) is 1. The molecule has 1 unspecified atom stereocenters. The molecule has 15 heavy (non-hydrogen) atoms. The number of carboxylic acids is 1. The van der Waals surface area contributed by atoms with Crippen LogP contribution < -0.4 is 0 Å². The molecule has 0 aliphatic heterocycles. The lowest BCUT2D eigenvalue weighted by molar-refractivity contribution is 0.0690. The van der Waals surface area contributed by atoms with Crippen LogP contribution in [0.2, 0.25) is 0 Å². The summed E-state index contributed by atoms with van der Waals surface area (Å²) in [6.07, 6.45) is -0.469. The zero-order valence-electron chi connectivity index (χ0n) is 8.27. The summed E-state index contributed by atoms with van der Waals surface area (Å²) in [7, 11) is 0. The van der Waals surface area contributed by atoms with Gasteiger partial charge in [0.25, 0.3) is 0 Å². The summed E-state index contributed by atoms with van der Waals surface area (Å²) >= 11 is 0. The van der Waals surface area contributed by atoms with Gasteiger partial charge in [0, 0.05) is 6.42 Å². The lowest BCUT2D eigenvalue weighted by Gasteiger charge is -2.05. The number of carbonyl (C=O) groups is 1. The highest BCUT2D eigenvalue weighted by atomic mass is 16.4. The molecule has 5 heteroatoms. The Balaban J connectivity index is 2.90. The lowest BCUT2D eigenvalue weighted by Crippen LogP contribution is -2.12. The molecule has 0 aromatic carbocycles. The van der Waals surface area contributed by atoms with E-state index in [1.165, 1.54) is 12.1 Å². The number of hydrogen-bond acceptors (Lipinski definition) is 4. The predicted molar refractivity (Wildman–Crippen MR) is 54.3 cm³/mol. The van der Waals surface area contributed by atoms with Crippen LogP contribution >= 0.6 is 0 Å². The van der Waals surface area contributed by atoms with Crippen molar-refractivity contribution < 1.29 is 15.0 Å². The van der Waals surface area contributed by atoms with Gasteiger partial charge < -0.3 is 15.6 Å². The molecule has 1 atom stereocenters. The second kappa shape index (κ2) is 4.65. The summed E-state index contributed by atoms with van der Waals surface area (Å²) < 4.78 is 0. The summed E-state index contributed by atoms with van der Waals surface area (Å²) in [5.74, 6) is -1.12. The van der Waals surface area contributed by atoms with Crippen molar-refractivity contribution in [3.63, 3.8) is 0 Å². The molecule has 0 spiro atoms. The predicted octanol–water partition coefficient (Wildman–Crippen LogP) is 0.919. The molecule has 0 amide bonds. The van der Waals surface area contributed by atoms with E-state index < -0.39 is 12.1 Å². The Morgan fingerprint density at radius 1 is 1.53 bits per heavy atom. The van der Waals surface area contributed by atoms with Crippen molar-refractivity contribution in [2.45, 2.75) is 19.4 Å². The molecule has 1 aromatic heterocycles. The molecule has 3 N–H and O–H groups in total. The van der Waals surface area contributed by atoms with E-state index >= 15 is 0 Å². The van der Waals surface area contributed by atoms with Crippen molar-refractivity contribution >= 4 is 11.7 Å². The zero-order chi connectivity index (χ0) is 11.4. The van der Waals surface area contributed by atoms with Crippen molar-refractivity contribution in [1.82, 2.24) is 4.98 Å². The molecule has 0 saturated heterocycles. The second-order valence-corrected chi connectivity index (χ2v) is 3.24. The minimum absolute atomic E-state index is 0.0946. The van der Waals surface area contributed by atoms with Gasteiger partial charge in [0.1, 0.15) is 5.69 Å². The summed E-state index contributed by atoms with van der Waals surface area (Å²) in [6.45, 7) is 1.57. The molecule has 0 aliphatic rings. The van der Waals surface area contributed by atoms with Gasteiger partial charge in [0.05, 0.1) is 17.5 Å². The van der Waals surface area contributed by atoms with Crippen LogP contribution in [-0.4, -0.2) is 33.0 Å². The van der Waals surface area contributed by atoms with Crippen LogP contribution in [0.4, 0.5) is 0 Å². The number of carboxylic acid groups (broad SMARTS) is 1. The van der Waals surface area contributed by atoms with E-state index in [0.717, 1.165) is 0 Å². The topological polar surface area (TPSA) is 94.3 Å². The Labute approximate surface area is 86.9 Å². The van der Waals surface area contributed by atoms with Crippen LogP contribution in [-0.2, 0) is 0 Å². The number of pyridine rings is 1. The Bertz CT molecular complexity index is 388. The quantitative estimate of drug-likeness (QED) is 0.641. The van der Waals surface area contributed by atoms with E-state index in [2.05, 4.69) is 4.98 Å². The maximum Gasteiger partial charge on any atom is 0.354 e. The number of aromatic nitrogens is 1. The van der Waals surface area contributed by atoms with Gasteiger partial charge in [-0.05, 0) is 19.1 Å². The Morgan fingerprint density at radius 3 is 2.67 bits per heavy atom. The van der Waals surface area contributed by atoms with Crippen LogP contribution in [0.25, 0.3) is 0 Å². The van der Waals surface area contributed by atoms with E-state index in [1.54, 1.807) is 13.0 Å². The van der Waals surface area contributed by atoms with Gasteiger partial charge in [-0.3, -0.25) is 0 Å². The van der Waals surface area contributed by atoms with E-state index in [-0.39, 0.29) is 23.5 Å². The third-order valence-corrected chi connectivity index (χ3v) is 1.78. The molecule has 0 saturated carbocycles. The highest BCUT2D eigenvalue weighted by Crippen LogP contribution is 2.04. The third kappa shape index (κ3) is 3.14. The van der Waals surface area contributed by atoms with Crippen molar-refractivity contribution in [2.75, 3.05) is 0 Å². The van der Waals surface area contributed by atoms with E-state index in [0.29, 0.717) is 0 Å². The summed E-state index contributed by atoms with van der Waals surface area (Å²) in [4.78, 5) is 14.4. The van der Waals surface area contributed by atoms with Crippen LogP contribution in [0.5, 0.6) is 0 Å². The highest BCUT2D eigenvalue weighted by Gasteiger charge is 2.10. The Kier molecular flexibility index (Phi) is 3.51. The standard InChI is InChI=1S/C10H12N2O3/c1-6(13)5-7(11)8-3-2-4-9(12-8)10(14)15/h2-4,6,11,13H,5H2,1H3,(H,14,15). The first kappa shape index (κ1) is 11.3. The Hall–Kier alpha value is -1.75. The first-order valence-corrected chi connectivity index (χ1v) is 4.47. The van der Waals surface area contributed by atoms with Crippen molar-refractivity contribution in [1.29, 1.82) is 5.41 Å². The number of aromatic carboxylic acids is 1. The second-order valence-electron chi connectivity index (χ2n) is 3.24. The normalized spacial score (nSPS) is 12.1. The van der Waals surface area contributed by atoms with Gasteiger partial charge in [-0.25, -0.2) is 9.78 Å². The van der Waals surface area contributed by atoms with Crippen molar-refractivity contribution in [2.24, 2.45) is 0 Å². The third-order valence-electron chi connectivity index (χ3n) is 1.78. The zero-order valence-corrected chi connectivity index (χ0v) is 8.27. The molecule has 0 fully saturated rings. The smallest absolute Gasteiger partial charge is 0.354 e. The van der Waals surface area contributed by atoms with E-state index in [1.807, 2.05) is 0 Å².